The number of urea groups is 1. The van der Waals surface area contributed by atoms with Gasteiger partial charge in [0.2, 0.25) is 11.8 Å². The summed E-state index contributed by atoms with van der Waals surface area (Å²) in [5, 5.41) is 6.06. The van der Waals surface area contributed by atoms with E-state index in [-0.39, 0.29) is 30.9 Å². The van der Waals surface area contributed by atoms with Gasteiger partial charge in [0.1, 0.15) is 12.2 Å². The van der Waals surface area contributed by atoms with E-state index < -0.39 is 12.2 Å². The second-order valence-corrected chi connectivity index (χ2v) is 9.15. The summed E-state index contributed by atoms with van der Waals surface area (Å²) in [5.41, 5.74) is 0.965. The molecule has 1 aromatic carbocycles. The number of carbonyl (C=O) groups excluding carboxylic acids is 3. The molecule has 3 rings (SSSR count). The van der Waals surface area contributed by atoms with Gasteiger partial charge < -0.3 is 15.1 Å². The summed E-state index contributed by atoms with van der Waals surface area (Å²) in [6.07, 6.45) is 0.334. The normalized spacial score (nSPS) is 21.7. The molecule has 0 bridgehead atoms. The maximum atomic E-state index is 13.2. The molecule has 2 atom stereocenters. The number of benzene rings is 1. The Morgan fingerprint density at radius 3 is 2.72 bits per heavy atom. The predicted octanol–water partition coefficient (Wildman–Crippen LogP) is 2.26. The van der Waals surface area contributed by atoms with Gasteiger partial charge in [-0.15, -0.1) is 0 Å². The van der Waals surface area contributed by atoms with Gasteiger partial charge in [0, 0.05) is 25.9 Å². The summed E-state index contributed by atoms with van der Waals surface area (Å²) in [7, 11) is 8.59. The minimum atomic E-state index is -0.678. The van der Waals surface area contributed by atoms with Crippen LogP contribution in [-0.4, -0.2) is 88.9 Å². The van der Waals surface area contributed by atoms with Crippen LogP contribution in [0.4, 0.5) is 4.79 Å². The summed E-state index contributed by atoms with van der Waals surface area (Å²) in [4.78, 5) is 42.5. The Labute approximate surface area is 201 Å². The van der Waals surface area contributed by atoms with Crippen molar-refractivity contribution in [2.45, 2.75) is 31.6 Å². The fraction of sp³-hybridized carbons (Fsp3) is 0.550. The topological polar surface area (TPSA) is 85.4 Å². The van der Waals surface area contributed by atoms with Crippen molar-refractivity contribution in [2.24, 2.45) is 0 Å². The van der Waals surface area contributed by atoms with Crippen LogP contribution in [0.25, 0.3) is 0 Å². The predicted molar refractivity (Wildman–Crippen MR) is 123 cm³/mol. The molecule has 9 nitrogen and oxygen atoms in total. The lowest BCUT2D eigenvalue weighted by atomic mass is 10.0. The zero-order valence-corrected chi connectivity index (χ0v) is 20.1. The Balaban J connectivity index is 1.81. The smallest absolute Gasteiger partial charge is 0.334 e. The van der Waals surface area contributed by atoms with E-state index in [2.05, 4.69) is 9.61 Å². The molecule has 2 aliphatic heterocycles. The van der Waals surface area contributed by atoms with Crippen LogP contribution in [0.5, 0.6) is 0 Å². The second-order valence-electron chi connectivity index (χ2n) is 7.66. The third-order valence-electron chi connectivity index (χ3n) is 5.55. The number of nitrogens with one attached hydrogen (secondary N) is 1. The van der Waals surface area contributed by atoms with Crippen molar-refractivity contribution in [1.82, 2.24) is 25.1 Å². The molecule has 2 heterocycles. The van der Waals surface area contributed by atoms with Crippen LogP contribution in [0.2, 0.25) is 0 Å². The fourth-order valence-corrected chi connectivity index (χ4v) is 4.79. The molecule has 32 heavy (non-hydrogen) atoms. The van der Waals surface area contributed by atoms with E-state index in [1.54, 1.807) is 21.9 Å². The third kappa shape index (κ3) is 5.79. The van der Waals surface area contributed by atoms with Crippen molar-refractivity contribution < 1.29 is 18.7 Å². The number of piperazine rings is 1. The fourth-order valence-electron chi connectivity index (χ4n) is 4.10. The SMILES string of the molecule is CN1CC(=O)N2[C@@H](CCSCl)C(=O)N(CCCOCl)C[C@@H]2N1C(=O)NCc1ccccc1. The van der Waals surface area contributed by atoms with Gasteiger partial charge in [-0.3, -0.25) is 13.9 Å². The highest BCUT2D eigenvalue weighted by atomic mass is 35.7. The first-order chi connectivity index (χ1) is 15.5. The molecule has 4 amide bonds. The van der Waals surface area contributed by atoms with Crippen LogP contribution >= 0.6 is 33.5 Å². The van der Waals surface area contributed by atoms with Crippen LogP contribution in [-0.2, 0) is 20.4 Å². The third-order valence-corrected chi connectivity index (χ3v) is 6.56. The Morgan fingerprint density at radius 1 is 1.28 bits per heavy atom. The van der Waals surface area contributed by atoms with Crippen LogP contribution < -0.4 is 5.32 Å². The van der Waals surface area contributed by atoms with Gasteiger partial charge in [-0.05, 0) is 29.1 Å². The molecular weight excluding hydrogens is 477 g/mol. The minimum absolute atomic E-state index is 0.00709. The van der Waals surface area contributed by atoms with Gasteiger partial charge in [0.25, 0.3) is 0 Å². The average molecular weight is 504 g/mol. The molecule has 0 spiro atoms. The van der Waals surface area contributed by atoms with E-state index in [1.807, 2.05) is 30.3 Å². The summed E-state index contributed by atoms with van der Waals surface area (Å²) >= 11 is 5.31. The highest BCUT2D eigenvalue weighted by Gasteiger charge is 2.50. The number of hydrazine groups is 1. The van der Waals surface area contributed by atoms with E-state index in [0.29, 0.717) is 38.3 Å². The van der Waals surface area contributed by atoms with Crippen molar-refractivity contribution >= 4 is 51.4 Å². The van der Waals surface area contributed by atoms with Gasteiger partial charge in [0.05, 0.1) is 31.6 Å². The molecule has 2 fully saturated rings. The molecule has 1 aromatic rings. The highest BCUT2D eigenvalue weighted by molar-refractivity contribution is 8.21. The Bertz CT molecular complexity index is 805. The van der Waals surface area contributed by atoms with Gasteiger partial charge in [-0.25, -0.2) is 14.8 Å². The molecule has 2 saturated heterocycles. The van der Waals surface area contributed by atoms with Crippen LogP contribution in [0.15, 0.2) is 30.3 Å². The van der Waals surface area contributed by atoms with Gasteiger partial charge in [-0.2, -0.15) is 0 Å². The molecule has 176 valence electrons. The highest BCUT2D eigenvalue weighted by Crippen LogP contribution is 2.28. The first-order valence-corrected chi connectivity index (χ1v) is 12.5. The van der Waals surface area contributed by atoms with Crippen molar-refractivity contribution in [1.29, 1.82) is 0 Å². The molecule has 0 aromatic heterocycles. The molecule has 0 unspecified atom stereocenters. The maximum absolute atomic E-state index is 13.2. The molecular formula is C20H27Cl2N5O4S. The number of halogens is 2. The lowest BCUT2D eigenvalue weighted by molar-refractivity contribution is -0.187. The number of hydrogen-bond donors (Lipinski definition) is 1. The number of rotatable bonds is 9. The second kappa shape index (κ2) is 11.9. The van der Waals surface area contributed by atoms with E-state index in [4.69, 9.17) is 22.5 Å². The largest absolute Gasteiger partial charge is 0.337 e. The zero-order valence-electron chi connectivity index (χ0n) is 17.8. The first kappa shape index (κ1) is 24.9. The lowest BCUT2D eigenvalue weighted by Gasteiger charge is -2.54. The Kier molecular flexibility index (Phi) is 9.30. The first-order valence-electron chi connectivity index (χ1n) is 10.4. The number of carbonyl (C=O) groups is 3. The van der Waals surface area contributed by atoms with E-state index in [9.17, 15) is 14.4 Å². The number of nitrogens with zero attached hydrogens (tertiary/aromatic N) is 4. The Hall–Kier alpha value is -1.72. The molecule has 12 heteroatoms. The maximum Gasteiger partial charge on any atom is 0.334 e. The molecule has 0 saturated carbocycles. The average Bonchev–Trinajstić information content (AvgIpc) is 2.78. The lowest BCUT2D eigenvalue weighted by Crippen LogP contribution is -2.76. The number of fused-ring (bicyclic) bond motifs is 1. The van der Waals surface area contributed by atoms with E-state index in [0.717, 1.165) is 16.5 Å². The van der Waals surface area contributed by atoms with Crippen molar-refractivity contribution in [3.63, 3.8) is 0 Å². The Morgan fingerprint density at radius 2 is 2.03 bits per heavy atom. The van der Waals surface area contributed by atoms with Crippen LogP contribution in [0.3, 0.4) is 0 Å². The molecule has 1 N–H and O–H groups in total. The van der Waals surface area contributed by atoms with E-state index >= 15 is 0 Å². The summed E-state index contributed by atoms with van der Waals surface area (Å²) in [5.74, 6) is 0.165. The van der Waals surface area contributed by atoms with Gasteiger partial charge >= 0.3 is 6.03 Å². The summed E-state index contributed by atoms with van der Waals surface area (Å²) in [6, 6.07) is 8.57. The molecule has 2 aliphatic rings. The summed E-state index contributed by atoms with van der Waals surface area (Å²) in [6.45, 7) is 1.28. The standard InChI is InChI=1S/C20H27Cl2N5O4S/c1-24-14-18(28)26-16(8-11-32-22)19(29)25(9-5-10-31-21)13-17(26)27(24)20(30)23-12-15-6-3-2-4-7-15/h2-4,6-7,16-17H,5,8-14H2,1H3,(H,23,30)/t16-,17-/m0/s1. The van der Waals surface area contributed by atoms with Crippen LogP contribution in [0.1, 0.15) is 18.4 Å². The summed E-state index contributed by atoms with van der Waals surface area (Å²) < 4.78 is 4.60. The number of hydrogen-bond acceptors (Lipinski definition) is 6. The van der Waals surface area contributed by atoms with E-state index in [1.165, 1.54) is 5.01 Å². The number of amides is 4. The van der Waals surface area contributed by atoms with Crippen LogP contribution in [0, 0.1) is 0 Å². The monoisotopic (exact) mass is 503 g/mol. The van der Waals surface area contributed by atoms with Gasteiger partial charge in [-0.1, -0.05) is 41.3 Å². The quantitative estimate of drug-likeness (QED) is 0.520. The zero-order chi connectivity index (χ0) is 23.1. The number of likely N-dealkylation sites (N-methyl/N-ethyl adjacent to an activating group) is 1. The van der Waals surface area contributed by atoms with Gasteiger partial charge in [0.15, 0.2) is 0 Å². The van der Waals surface area contributed by atoms with Crippen molar-refractivity contribution in [2.75, 3.05) is 39.0 Å². The molecule has 0 radical (unpaired) electrons. The van der Waals surface area contributed by atoms with Crippen molar-refractivity contribution in [3.05, 3.63) is 35.9 Å². The minimum Gasteiger partial charge on any atom is -0.337 e. The molecule has 0 aliphatic carbocycles. The van der Waals surface area contributed by atoms with Crippen molar-refractivity contribution in [3.8, 4) is 0 Å².